The lowest BCUT2D eigenvalue weighted by atomic mass is 9.62. The van der Waals surface area contributed by atoms with Crippen molar-refractivity contribution in [3.05, 3.63) is 212 Å². The van der Waals surface area contributed by atoms with Gasteiger partial charge in [-0.15, -0.1) is 0 Å². The van der Waals surface area contributed by atoms with Gasteiger partial charge in [-0.05, 0) is 272 Å². The molecule has 4 saturated heterocycles. The minimum atomic E-state index is -0.552. The molecule has 676 valence electrons. The van der Waals surface area contributed by atoms with Crippen LogP contribution in [0.2, 0.25) is 0 Å². The molecule has 8 aromatic rings. The zero-order valence-corrected chi connectivity index (χ0v) is 76.9. The Morgan fingerprint density at radius 3 is 0.651 bits per heavy atom. The van der Waals surface area contributed by atoms with Crippen molar-refractivity contribution in [1.82, 2.24) is 39.1 Å². The fraction of sp³-hybridized carbons (Fsp3) is 0.585. The van der Waals surface area contributed by atoms with Crippen LogP contribution in [0.1, 0.15) is 321 Å². The number of aromatic nitrogens is 8. The Labute approximate surface area is 745 Å². The molecule has 8 aliphatic carbocycles. The third-order valence-corrected chi connectivity index (χ3v) is 30.8. The van der Waals surface area contributed by atoms with E-state index in [4.69, 9.17) is 37.9 Å². The molecule has 16 nitrogen and oxygen atoms in total. The van der Waals surface area contributed by atoms with Gasteiger partial charge in [0, 0.05) is 47.3 Å². The fourth-order valence-corrected chi connectivity index (χ4v) is 23.9. The van der Waals surface area contributed by atoms with Crippen LogP contribution in [0.4, 0.5) is 17.6 Å². The molecule has 20 rings (SSSR count). The Balaban J connectivity index is 0.000000119. The number of unbranched alkanes of at least 4 members (excludes halogenated alkanes) is 2. The van der Waals surface area contributed by atoms with Crippen LogP contribution in [0.25, 0.3) is 47.1 Å². The summed E-state index contributed by atoms with van der Waals surface area (Å²) in [6.45, 7) is 27.2. The average Bonchev–Trinajstić information content (AvgIpc) is 1.53. The van der Waals surface area contributed by atoms with E-state index in [0.29, 0.717) is 0 Å². The number of hydrogen-bond acceptors (Lipinski definition) is 12. The van der Waals surface area contributed by atoms with Crippen LogP contribution in [0.5, 0.6) is 0 Å². The summed E-state index contributed by atoms with van der Waals surface area (Å²) in [6.07, 6.45) is 54.1. The minimum absolute atomic E-state index is 0.185. The predicted octanol–water partition coefficient (Wildman–Crippen LogP) is 25.7. The third-order valence-electron chi connectivity index (χ3n) is 30.8. The number of halogens is 4. The van der Waals surface area contributed by atoms with Crippen LogP contribution in [0, 0.1) is 44.9 Å². The number of fused-ring (bicyclic) bond motifs is 12. The summed E-state index contributed by atoms with van der Waals surface area (Å²) in [6, 6.07) is 26.2. The highest BCUT2D eigenvalue weighted by Gasteiger charge is 2.66. The molecule has 4 aliphatic heterocycles. The summed E-state index contributed by atoms with van der Waals surface area (Å²) in [5.41, 5.74) is 17.6. The maximum atomic E-state index is 13.5. The van der Waals surface area contributed by atoms with Crippen molar-refractivity contribution >= 4 is 24.3 Å². The number of rotatable bonds is 22. The zero-order valence-electron chi connectivity index (χ0n) is 76.9. The minimum Gasteiger partial charge on any atom is -0.343 e. The van der Waals surface area contributed by atoms with Crippen LogP contribution in [0.3, 0.4) is 0 Å². The molecule has 0 radical (unpaired) electrons. The molecule has 4 aromatic carbocycles. The molecule has 126 heavy (non-hydrogen) atoms. The Morgan fingerprint density at radius 1 is 0.278 bits per heavy atom. The van der Waals surface area contributed by atoms with E-state index in [-0.39, 0.29) is 93.8 Å². The second-order valence-electron chi connectivity index (χ2n) is 39.2. The first-order chi connectivity index (χ1) is 61.0. The van der Waals surface area contributed by atoms with Crippen LogP contribution < -0.4 is 0 Å². The summed E-state index contributed by atoms with van der Waals surface area (Å²) in [5.74, 6) is -3.13. The largest absolute Gasteiger partial charge is 0.343 e. The van der Waals surface area contributed by atoms with Crippen LogP contribution >= 0.6 is 0 Å². The first-order valence-corrected chi connectivity index (χ1v) is 48.6. The SMILES string of the molecule is CCCC1OC2(CCCC3=Cc4c(cnn4-c4ccc(F)cc4)CC32C)OC1CCC.CCCC[C@H]1OC2(CCCC3=Cc4c(cnn4-c4ccc(F)cc4)C[C@@]32C)O[C@@H]1CCCC.CCC[C@@H]1OC2(CCCC3=Cc4c(cnn4-c4ccc(F)cc4)CC32C)O[C@@H]1CCC.CCC[C@H]1OC2(CCCC3=Cc4c(cnn4-c4ccc(F)cc4)C[C@@]32C)O[C@@H]1CCC. The maximum Gasteiger partial charge on any atom is 0.178 e. The van der Waals surface area contributed by atoms with Crippen LogP contribution in [0.15, 0.2) is 144 Å². The highest BCUT2D eigenvalue weighted by Crippen LogP contribution is 2.64. The third kappa shape index (κ3) is 16.4. The molecule has 4 aromatic heterocycles. The predicted molar refractivity (Wildman–Crippen MR) is 487 cm³/mol. The molecule has 5 unspecified atom stereocenters. The molecule has 8 heterocycles. The van der Waals surface area contributed by atoms with Gasteiger partial charge in [0.15, 0.2) is 23.1 Å². The molecule has 8 fully saturated rings. The first kappa shape index (κ1) is 90.0. The van der Waals surface area contributed by atoms with Crippen molar-refractivity contribution in [2.75, 3.05) is 0 Å². The van der Waals surface area contributed by atoms with Gasteiger partial charge in [-0.25, -0.2) is 36.3 Å². The smallest absolute Gasteiger partial charge is 0.178 e. The van der Waals surface area contributed by atoms with Crippen molar-refractivity contribution in [2.24, 2.45) is 21.7 Å². The topological polar surface area (TPSA) is 145 Å². The summed E-state index contributed by atoms with van der Waals surface area (Å²) in [4.78, 5) is 0. The van der Waals surface area contributed by atoms with Gasteiger partial charge >= 0.3 is 0 Å². The van der Waals surface area contributed by atoms with Crippen molar-refractivity contribution in [1.29, 1.82) is 0 Å². The van der Waals surface area contributed by atoms with Crippen molar-refractivity contribution in [2.45, 2.75) is 373 Å². The quantitative estimate of drug-likeness (QED) is 0.0595. The molecule has 20 heteroatoms. The Kier molecular flexibility index (Phi) is 26.5. The molecule has 12 aliphatic rings. The second kappa shape index (κ2) is 37.1. The van der Waals surface area contributed by atoms with E-state index >= 15 is 0 Å². The Hall–Kier alpha value is -7.92. The van der Waals surface area contributed by atoms with E-state index in [1.165, 1.54) is 119 Å². The molecular formula is C106H136F4N8O8. The molecular weight excluding hydrogens is 1590 g/mol. The highest BCUT2D eigenvalue weighted by molar-refractivity contribution is 5.66. The van der Waals surface area contributed by atoms with Crippen LogP contribution in [-0.4, -0.2) is 111 Å². The van der Waals surface area contributed by atoms with Gasteiger partial charge in [-0.1, -0.05) is 170 Å². The van der Waals surface area contributed by atoms with E-state index in [9.17, 15) is 17.6 Å². The number of hydrogen-bond donors (Lipinski definition) is 0. The van der Waals surface area contributed by atoms with Gasteiger partial charge in [0.1, 0.15) is 23.3 Å². The Morgan fingerprint density at radius 2 is 0.468 bits per heavy atom. The lowest BCUT2D eigenvalue weighted by molar-refractivity contribution is -0.249. The van der Waals surface area contributed by atoms with Gasteiger partial charge in [0.05, 0.1) is 119 Å². The standard InChI is InChI=1S/C28H37FN2O2.3C26H33FN2O2/c1-4-6-10-25-26(11-7-5-2)33-28(32-25)16-8-9-21-17-24-20(18-27(21,28)3)19-30-31(24)23-14-12-22(29)13-15-23;3*1-4-7-23-24(8-5-2)31-26(30-23)14-6-9-19-15-22-18(16-25(19,26)3)17-28-29(22)21-12-10-20(27)11-13-21/h12-15,17,19,25-26H,4-11,16,18H2,1-3H3;3*10-13,15,17,23-24H,4-9,14,16H2,1-3H3/t25-,26-,27+;23-,24+,25?,26?;23-,24-,25+;/m1.1./s1. The number of benzene rings is 4. The number of ether oxygens (including phenoxy) is 8. The summed E-state index contributed by atoms with van der Waals surface area (Å²) >= 11 is 0. The van der Waals surface area contributed by atoms with E-state index < -0.39 is 23.1 Å². The van der Waals surface area contributed by atoms with Gasteiger partial charge in [-0.2, -0.15) is 20.4 Å². The van der Waals surface area contributed by atoms with Crippen molar-refractivity contribution in [3.8, 4) is 22.7 Å². The summed E-state index contributed by atoms with van der Waals surface area (Å²) < 4.78 is 116. The highest BCUT2D eigenvalue weighted by atomic mass is 19.1. The average molecular weight is 1730 g/mol. The second-order valence-corrected chi connectivity index (χ2v) is 39.2. The normalized spacial score (nSPS) is 30.2. The molecule has 0 bridgehead atoms. The van der Waals surface area contributed by atoms with Gasteiger partial charge < -0.3 is 37.9 Å². The first-order valence-electron chi connectivity index (χ1n) is 48.6. The van der Waals surface area contributed by atoms with Gasteiger partial charge in [-0.3, -0.25) is 0 Å². The van der Waals surface area contributed by atoms with E-state index in [1.807, 2.05) is 43.5 Å². The molecule has 4 spiro atoms. The lowest BCUT2D eigenvalue weighted by Gasteiger charge is -2.51. The Bertz CT molecular complexity index is 4800. The molecule has 0 amide bonds. The summed E-state index contributed by atoms with van der Waals surface area (Å²) in [5, 5.41) is 18.7. The van der Waals surface area contributed by atoms with Gasteiger partial charge in [0.25, 0.3) is 0 Å². The zero-order chi connectivity index (χ0) is 88.0. The van der Waals surface area contributed by atoms with Crippen molar-refractivity contribution < 1.29 is 55.5 Å². The van der Waals surface area contributed by atoms with E-state index in [0.717, 1.165) is 238 Å². The monoisotopic (exact) mass is 1730 g/mol. The van der Waals surface area contributed by atoms with E-state index in [1.54, 1.807) is 48.5 Å². The van der Waals surface area contributed by atoms with E-state index in [2.05, 4.69) is 128 Å². The van der Waals surface area contributed by atoms with Crippen LogP contribution in [-0.2, 0) is 63.6 Å². The summed E-state index contributed by atoms with van der Waals surface area (Å²) in [7, 11) is 0. The van der Waals surface area contributed by atoms with Crippen molar-refractivity contribution in [3.63, 3.8) is 0 Å². The molecule has 0 N–H and O–H groups in total. The number of nitrogens with zero attached hydrogens (tertiary/aromatic N) is 8. The molecule has 4 saturated carbocycles. The molecule has 13 atom stereocenters. The lowest BCUT2D eigenvalue weighted by Crippen LogP contribution is -2.53. The van der Waals surface area contributed by atoms with Gasteiger partial charge in [0.2, 0.25) is 0 Å². The maximum absolute atomic E-state index is 13.5. The fourth-order valence-electron chi connectivity index (χ4n) is 23.9.